The minimum atomic E-state index is 0.648. The van der Waals surface area contributed by atoms with Gasteiger partial charge in [0.25, 0.3) is 0 Å². The Hall–Kier alpha value is -2.39. The number of rotatable bonds is 1. The summed E-state index contributed by atoms with van der Waals surface area (Å²) in [7, 11) is 0. The molecular formula is C18H13NOS. The number of hydrogen-bond acceptors (Lipinski definition) is 3. The summed E-state index contributed by atoms with van der Waals surface area (Å²) >= 11 is 1.80. The quantitative estimate of drug-likeness (QED) is 0.284. The van der Waals surface area contributed by atoms with E-state index in [1.54, 1.807) is 11.3 Å². The van der Waals surface area contributed by atoms with Gasteiger partial charge >= 0.3 is 0 Å². The molecule has 0 unspecified atom stereocenters. The highest BCUT2D eigenvalue weighted by Crippen LogP contribution is 2.40. The molecule has 1 aromatic heterocycles. The standard InChI is InChI=1S/C18H13NOS/c1-11(19-20)15-10-12-6-2-3-7-13(12)18-17(15)14-8-4-5-9-16(14)21-18/h2-10,20H,1H3/b19-11+. The maximum Gasteiger partial charge on any atom is 0.0843 e. The third-order valence-corrected chi connectivity index (χ3v) is 5.11. The van der Waals surface area contributed by atoms with Crippen LogP contribution in [0.1, 0.15) is 12.5 Å². The van der Waals surface area contributed by atoms with Gasteiger partial charge in [0, 0.05) is 25.7 Å². The summed E-state index contributed by atoms with van der Waals surface area (Å²) < 4.78 is 2.52. The van der Waals surface area contributed by atoms with E-state index in [4.69, 9.17) is 0 Å². The first kappa shape index (κ1) is 12.4. The Morgan fingerprint density at radius 1 is 1.00 bits per heavy atom. The Labute approximate surface area is 125 Å². The zero-order valence-corrected chi connectivity index (χ0v) is 12.3. The Kier molecular flexibility index (Phi) is 2.69. The van der Waals surface area contributed by atoms with Gasteiger partial charge in [0.15, 0.2) is 0 Å². The van der Waals surface area contributed by atoms with Crippen LogP contribution < -0.4 is 0 Å². The second kappa shape index (κ2) is 4.57. The number of fused-ring (bicyclic) bond motifs is 5. The van der Waals surface area contributed by atoms with Gasteiger partial charge in [-0.1, -0.05) is 47.6 Å². The third-order valence-electron chi connectivity index (χ3n) is 3.91. The molecule has 3 aromatic carbocycles. The van der Waals surface area contributed by atoms with Gasteiger partial charge in [-0.2, -0.15) is 0 Å². The minimum absolute atomic E-state index is 0.648. The molecule has 0 radical (unpaired) electrons. The summed E-state index contributed by atoms with van der Waals surface area (Å²) in [5.74, 6) is 0. The Morgan fingerprint density at radius 3 is 2.52 bits per heavy atom. The smallest absolute Gasteiger partial charge is 0.0843 e. The second-order valence-electron chi connectivity index (χ2n) is 5.13. The zero-order chi connectivity index (χ0) is 14.4. The molecule has 0 aliphatic heterocycles. The highest BCUT2D eigenvalue weighted by Gasteiger charge is 2.14. The molecule has 2 nitrogen and oxygen atoms in total. The summed E-state index contributed by atoms with van der Waals surface area (Å²) in [6.07, 6.45) is 0. The first-order valence-electron chi connectivity index (χ1n) is 6.81. The van der Waals surface area contributed by atoms with Crippen molar-refractivity contribution in [3.8, 4) is 0 Å². The van der Waals surface area contributed by atoms with Gasteiger partial charge in [-0.15, -0.1) is 11.3 Å². The number of hydrogen-bond donors (Lipinski definition) is 1. The maximum atomic E-state index is 9.22. The molecule has 0 fully saturated rings. The van der Waals surface area contributed by atoms with Gasteiger partial charge in [0.05, 0.1) is 5.71 Å². The van der Waals surface area contributed by atoms with Crippen LogP contribution in [0.15, 0.2) is 59.8 Å². The van der Waals surface area contributed by atoms with Crippen LogP contribution >= 0.6 is 11.3 Å². The Morgan fingerprint density at radius 2 is 1.71 bits per heavy atom. The molecule has 21 heavy (non-hydrogen) atoms. The Balaban J connectivity index is 2.33. The largest absolute Gasteiger partial charge is 0.411 e. The molecule has 102 valence electrons. The van der Waals surface area contributed by atoms with Crippen molar-refractivity contribution >= 4 is 48.0 Å². The predicted molar refractivity (Wildman–Crippen MR) is 90.8 cm³/mol. The first-order chi connectivity index (χ1) is 10.3. The summed E-state index contributed by atoms with van der Waals surface area (Å²) in [4.78, 5) is 0. The van der Waals surface area contributed by atoms with Gasteiger partial charge < -0.3 is 5.21 Å². The van der Waals surface area contributed by atoms with E-state index >= 15 is 0 Å². The van der Waals surface area contributed by atoms with E-state index in [9.17, 15) is 5.21 Å². The summed E-state index contributed by atoms with van der Waals surface area (Å²) in [6, 6.07) is 18.9. The second-order valence-corrected chi connectivity index (χ2v) is 6.19. The Bertz CT molecular complexity index is 1010. The van der Waals surface area contributed by atoms with Crippen LogP contribution in [-0.4, -0.2) is 10.9 Å². The SMILES string of the molecule is C/C(=N\O)c1cc2ccccc2c2sc3ccccc3c12. The normalized spacial score (nSPS) is 12.5. The van der Waals surface area contributed by atoms with Crippen molar-refractivity contribution in [2.45, 2.75) is 6.92 Å². The fourth-order valence-electron chi connectivity index (χ4n) is 2.90. The number of benzene rings is 3. The number of nitrogens with zero attached hydrogens (tertiary/aromatic N) is 1. The fourth-order valence-corrected chi connectivity index (χ4v) is 4.16. The molecule has 0 atom stereocenters. The molecule has 0 amide bonds. The molecule has 4 rings (SSSR count). The molecule has 1 heterocycles. The lowest BCUT2D eigenvalue weighted by molar-refractivity contribution is 0.319. The zero-order valence-electron chi connectivity index (χ0n) is 11.5. The predicted octanol–water partition coefficient (Wildman–Crippen LogP) is 5.41. The lowest BCUT2D eigenvalue weighted by atomic mass is 9.98. The van der Waals surface area contributed by atoms with E-state index < -0.39 is 0 Å². The average Bonchev–Trinajstić information content (AvgIpc) is 2.93. The fraction of sp³-hybridized carbons (Fsp3) is 0.0556. The van der Waals surface area contributed by atoms with Gasteiger partial charge in [0.2, 0.25) is 0 Å². The van der Waals surface area contributed by atoms with E-state index in [1.165, 1.54) is 30.9 Å². The van der Waals surface area contributed by atoms with Crippen LogP contribution in [0.4, 0.5) is 0 Å². The third kappa shape index (κ3) is 1.74. The highest BCUT2D eigenvalue weighted by molar-refractivity contribution is 7.26. The van der Waals surface area contributed by atoms with Crippen molar-refractivity contribution in [2.24, 2.45) is 5.16 Å². The molecule has 0 spiro atoms. The summed E-state index contributed by atoms with van der Waals surface area (Å²) in [6.45, 7) is 1.84. The van der Waals surface area contributed by atoms with Gasteiger partial charge in [-0.3, -0.25) is 0 Å². The van der Waals surface area contributed by atoms with Crippen LogP contribution in [0.3, 0.4) is 0 Å². The van der Waals surface area contributed by atoms with Crippen molar-refractivity contribution in [3.05, 3.63) is 60.2 Å². The lowest BCUT2D eigenvalue weighted by Crippen LogP contribution is -1.95. The number of oxime groups is 1. The van der Waals surface area contributed by atoms with Gasteiger partial charge in [-0.25, -0.2) is 0 Å². The van der Waals surface area contributed by atoms with Crippen molar-refractivity contribution in [1.82, 2.24) is 0 Å². The van der Waals surface area contributed by atoms with Crippen LogP contribution in [0.25, 0.3) is 30.9 Å². The van der Waals surface area contributed by atoms with Crippen LogP contribution in [0, 0.1) is 0 Å². The molecule has 0 saturated heterocycles. The number of thiophene rings is 1. The molecule has 0 aliphatic carbocycles. The lowest BCUT2D eigenvalue weighted by Gasteiger charge is -2.06. The van der Waals surface area contributed by atoms with E-state index in [1.807, 2.05) is 13.0 Å². The monoisotopic (exact) mass is 291 g/mol. The molecular weight excluding hydrogens is 278 g/mol. The molecule has 1 N–H and O–H groups in total. The van der Waals surface area contributed by atoms with Crippen molar-refractivity contribution in [1.29, 1.82) is 0 Å². The van der Waals surface area contributed by atoms with Crippen molar-refractivity contribution in [3.63, 3.8) is 0 Å². The topological polar surface area (TPSA) is 32.6 Å². The molecule has 0 aliphatic rings. The van der Waals surface area contributed by atoms with E-state index in [-0.39, 0.29) is 0 Å². The van der Waals surface area contributed by atoms with E-state index in [0.717, 1.165) is 5.56 Å². The maximum absolute atomic E-state index is 9.22. The minimum Gasteiger partial charge on any atom is -0.411 e. The highest BCUT2D eigenvalue weighted by atomic mass is 32.1. The summed E-state index contributed by atoms with van der Waals surface area (Å²) in [5, 5.41) is 17.5. The first-order valence-corrected chi connectivity index (χ1v) is 7.63. The van der Waals surface area contributed by atoms with Gasteiger partial charge in [0.1, 0.15) is 0 Å². The average molecular weight is 291 g/mol. The van der Waals surface area contributed by atoms with Crippen LogP contribution in [0.2, 0.25) is 0 Å². The molecule has 4 aromatic rings. The van der Waals surface area contributed by atoms with Crippen LogP contribution in [-0.2, 0) is 0 Å². The molecule has 0 bridgehead atoms. The van der Waals surface area contributed by atoms with Crippen molar-refractivity contribution < 1.29 is 5.21 Å². The molecule has 3 heteroatoms. The summed E-state index contributed by atoms with van der Waals surface area (Å²) in [5.41, 5.74) is 1.65. The van der Waals surface area contributed by atoms with Crippen molar-refractivity contribution in [2.75, 3.05) is 0 Å². The molecule has 0 saturated carbocycles. The van der Waals surface area contributed by atoms with Gasteiger partial charge in [-0.05, 0) is 29.8 Å². The van der Waals surface area contributed by atoms with E-state index in [2.05, 4.69) is 53.7 Å². The van der Waals surface area contributed by atoms with E-state index in [0.29, 0.717) is 5.71 Å². The van der Waals surface area contributed by atoms with Crippen LogP contribution in [0.5, 0.6) is 0 Å².